The van der Waals surface area contributed by atoms with Crippen molar-refractivity contribution in [3.8, 4) is 0 Å². The summed E-state index contributed by atoms with van der Waals surface area (Å²) in [7, 11) is 0. The van der Waals surface area contributed by atoms with E-state index >= 15 is 0 Å². The smallest absolute Gasteiger partial charge is 0.136 e. The third-order valence-corrected chi connectivity index (χ3v) is 6.34. The first kappa shape index (κ1) is 10.8. The fraction of sp³-hybridized carbons (Fsp3) is 0.933. The highest BCUT2D eigenvalue weighted by Crippen LogP contribution is 2.68. The molecule has 0 aromatic carbocycles. The van der Waals surface area contributed by atoms with E-state index < -0.39 is 0 Å². The van der Waals surface area contributed by atoms with Crippen molar-refractivity contribution in [3.05, 3.63) is 0 Å². The second-order valence-electron chi connectivity index (χ2n) is 7.21. The van der Waals surface area contributed by atoms with Gasteiger partial charge in [-0.1, -0.05) is 34.1 Å². The molecule has 3 fully saturated rings. The van der Waals surface area contributed by atoms with Crippen LogP contribution in [0.3, 0.4) is 0 Å². The minimum atomic E-state index is 0.331. The van der Waals surface area contributed by atoms with Crippen molar-refractivity contribution in [2.24, 2.45) is 40.9 Å². The fourth-order valence-electron chi connectivity index (χ4n) is 5.47. The van der Waals surface area contributed by atoms with E-state index in [9.17, 15) is 4.79 Å². The Labute approximate surface area is 99.0 Å². The second-order valence-corrected chi connectivity index (χ2v) is 7.21. The molecule has 0 saturated heterocycles. The van der Waals surface area contributed by atoms with E-state index in [1.807, 2.05) is 0 Å². The summed E-state index contributed by atoms with van der Waals surface area (Å²) in [5, 5.41) is 0. The zero-order valence-electron chi connectivity index (χ0n) is 11.0. The number of Topliss-reactive ketones (excluding diaryl/α,β-unsaturated/α-hetero) is 1. The maximum Gasteiger partial charge on any atom is 0.136 e. The Bertz CT molecular complexity index is 330. The first-order chi connectivity index (χ1) is 7.44. The van der Waals surface area contributed by atoms with Gasteiger partial charge in [0.15, 0.2) is 0 Å². The molecule has 0 radical (unpaired) electrons. The van der Waals surface area contributed by atoms with Crippen LogP contribution in [0.2, 0.25) is 0 Å². The average Bonchev–Trinajstić information content (AvgIpc) is 2.20. The van der Waals surface area contributed by atoms with Gasteiger partial charge in [0.25, 0.3) is 0 Å². The lowest BCUT2D eigenvalue weighted by molar-refractivity contribution is -0.204. The molecular weight excluding hydrogens is 196 g/mol. The van der Waals surface area contributed by atoms with Crippen molar-refractivity contribution in [1.29, 1.82) is 0 Å². The van der Waals surface area contributed by atoms with Crippen LogP contribution >= 0.6 is 0 Å². The molecule has 0 spiro atoms. The molecular formula is C15H24O. The number of carbonyl (C=O) groups excluding carboxylic acids is 1. The fourth-order valence-corrected chi connectivity index (χ4v) is 5.47. The molecule has 3 aliphatic carbocycles. The summed E-state index contributed by atoms with van der Waals surface area (Å²) in [6.07, 6.45) is 3.65. The predicted octanol–water partition coefficient (Wildman–Crippen LogP) is 3.53. The SMILES string of the molecule is CC1CCC2C3C1CC(=O)C(C)C3C2(C)C. The molecule has 16 heavy (non-hydrogen) atoms. The Morgan fingerprint density at radius 2 is 1.88 bits per heavy atom. The molecule has 0 bridgehead atoms. The summed E-state index contributed by atoms with van der Waals surface area (Å²) in [6, 6.07) is 0. The van der Waals surface area contributed by atoms with E-state index in [-0.39, 0.29) is 0 Å². The van der Waals surface area contributed by atoms with Crippen LogP contribution in [0, 0.1) is 40.9 Å². The van der Waals surface area contributed by atoms with E-state index in [0.29, 0.717) is 23.0 Å². The largest absolute Gasteiger partial charge is 0.299 e. The Balaban J connectivity index is 1.96. The lowest BCUT2D eigenvalue weighted by Gasteiger charge is -2.68. The van der Waals surface area contributed by atoms with E-state index in [4.69, 9.17) is 0 Å². The van der Waals surface area contributed by atoms with Gasteiger partial charge in [0.2, 0.25) is 0 Å². The summed E-state index contributed by atoms with van der Waals surface area (Å²) in [5.74, 6) is 4.87. The number of ketones is 1. The lowest BCUT2D eigenvalue weighted by Crippen LogP contribution is -2.64. The van der Waals surface area contributed by atoms with Crippen molar-refractivity contribution in [2.45, 2.75) is 47.0 Å². The molecule has 6 atom stereocenters. The molecule has 3 rings (SSSR count). The van der Waals surface area contributed by atoms with Gasteiger partial charge in [0, 0.05) is 12.3 Å². The van der Waals surface area contributed by atoms with Crippen LogP contribution in [0.1, 0.15) is 47.0 Å². The van der Waals surface area contributed by atoms with Gasteiger partial charge in [-0.3, -0.25) is 4.79 Å². The van der Waals surface area contributed by atoms with Gasteiger partial charge in [-0.15, -0.1) is 0 Å². The quantitative estimate of drug-likeness (QED) is 0.610. The van der Waals surface area contributed by atoms with E-state index in [1.54, 1.807) is 0 Å². The number of carbonyl (C=O) groups is 1. The molecule has 0 aromatic heterocycles. The van der Waals surface area contributed by atoms with E-state index in [0.717, 1.165) is 30.1 Å². The molecule has 0 aliphatic heterocycles. The van der Waals surface area contributed by atoms with Crippen molar-refractivity contribution in [1.82, 2.24) is 0 Å². The van der Waals surface area contributed by atoms with Crippen molar-refractivity contribution in [3.63, 3.8) is 0 Å². The Hall–Kier alpha value is -0.330. The number of hydrogen-bond acceptors (Lipinski definition) is 1. The van der Waals surface area contributed by atoms with Crippen LogP contribution in [0.25, 0.3) is 0 Å². The van der Waals surface area contributed by atoms with Crippen molar-refractivity contribution < 1.29 is 4.79 Å². The maximum absolute atomic E-state index is 12.1. The van der Waals surface area contributed by atoms with E-state index in [2.05, 4.69) is 27.7 Å². The van der Waals surface area contributed by atoms with Gasteiger partial charge in [0.1, 0.15) is 5.78 Å². The van der Waals surface area contributed by atoms with Crippen LogP contribution < -0.4 is 0 Å². The molecule has 0 heterocycles. The van der Waals surface area contributed by atoms with Crippen LogP contribution in [0.4, 0.5) is 0 Å². The van der Waals surface area contributed by atoms with Crippen molar-refractivity contribution in [2.75, 3.05) is 0 Å². The van der Waals surface area contributed by atoms with Gasteiger partial charge in [0.05, 0.1) is 0 Å². The molecule has 0 N–H and O–H groups in total. The zero-order chi connectivity index (χ0) is 11.7. The maximum atomic E-state index is 12.1. The monoisotopic (exact) mass is 220 g/mol. The Morgan fingerprint density at radius 3 is 2.56 bits per heavy atom. The summed E-state index contributed by atoms with van der Waals surface area (Å²) in [4.78, 5) is 12.1. The van der Waals surface area contributed by atoms with Gasteiger partial charge < -0.3 is 0 Å². The first-order valence-electron chi connectivity index (χ1n) is 6.97. The summed E-state index contributed by atoms with van der Waals surface area (Å²) in [5.41, 5.74) is 0.429. The van der Waals surface area contributed by atoms with Crippen LogP contribution in [-0.4, -0.2) is 5.78 Å². The minimum absolute atomic E-state index is 0.331. The number of rotatable bonds is 0. The van der Waals surface area contributed by atoms with Gasteiger partial charge >= 0.3 is 0 Å². The summed E-state index contributed by atoms with van der Waals surface area (Å²) >= 11 is 0. The second kappa shape index (κ2) is 3.11. The van der Waals surface area contributed by atoms with E-state index in [1.165, 1.54) is 12.8 Å². The highest BCUT2D eigenvalue weighted by Gasteiger charge is 2.64. The molecule has 3 saturated carbocycles. The molecule has 6 unspecified atom stereocenters. The Kier molecular flexibility index (Phi) is 2.10. The summed E-state index contributed by atoms with van der Waals surface area (Å²) < 4.78 is 0. The molecule has 0 aromatic rings. The van der Waals surface area contributed by atoms with Gasteiger partial charge in [-0.05, 0) is 41.4 Å². The first-order valence-corrected chi connectivity index (χ1v) is 6.97. The standard InChI is InChI=1S/C15H24O/c1-8-5-6-11-13-10(8)7-12(16)9(2)14(13)15(11,3)4/h8-11,13-14H,5-7H2,1-4H3. The number of hydrogen-bond donors (Lipinski definition) is 0. The van der Waals surface area contributed by atoms with Gasteiger partial charge in [-0.2, -0.15) is 0 Å². The van der Waals surface area contributed by atoms with Crippen LogP contribution in [0.5, 0.6) is 0 Å². The summed E-state index contributed by atoms with van der Waals surface area (Å²) in [6.45, 7) is 9.36. The minimum Gasteiger partial charge on any atom is -0.299 e. The molecule has 0 amide bonds. The predicted molar refractivity (Wildman–Crippen MR) is 64.9 cm³/mol. The van der Waals surface area contributed by atoms with Gasteiger partial charge in [-0.25, -0.2) is 0 Å². The van der Waals surface area contributed by atoms with Crippen LogP contribution in [0.15, 0.2) is 0 Å². The zero-order valence-corrected chi connectivity index (χ0v) is 11.0. The molecule has 1 heteroatoms. The van der Waals surface area contributed by atoms with Crippen LogP contribution in [-0.2, 0) is 4.79 Å². The highest BCUT2D eigenvalue weighted by atomic mass is 16.1. The molecule has 1 nitrogen and oxygen atoms in total. The highest BCUT2D eigenvalue weighted by molar-refractivity contribution is 5.82. The third-order valence-electron chi connectivity index (χ3n) is 6.34. The van der Waals surface area contributed by atoms with Crippen molar-refractivity contribution >= 4 is 5.78 Å². The molecule has 90 valence electrons. The normalized spacial score (nSPS) is 54.1. The third kappa shape index (κ3) is 1.10. The molecule has 3 aliphatic rings. The average molecular weight is 220 g/mol. The lowest BCUT2D eigenvalue weighted by atomic mass is 9.36. The Morgan fingerprint density at radius 1 is 1.19 bits per heavy atom. The topological polar surface area (TPSA) is 17.1 Å².